The van der Waals surface area contributed by atoms with E-state index in [0.29, 0.717) is 17.5 Å². The number of thiazole rings is 1. The van der Waals surface area contributed by atoms with Crippen molar-refractivity contribution in [2.24, 2.45) is 0 Å². The van der Waals surface area contributed by atoms with Crippen LogP contribution in [-0.4, -0.2) is 19.9 Å². The van der Waals surface area contributed by atoms with Gasteiger partial charge >= 0.3 is 0 Å². The highest BCUT2D eigenvalue weighted by Crippen LogP contribution is 2.45. The van der Waals surface area contributed by atoms with Gasteiger partial charge in [0.2, 0.25) is 0 Å². The van der Waals surface area contributed by atoms with Crippen LogP contribution >= 0.6 is 22.7 Å². The smallest absolute Gasteiger partial charge is 0.167 e. The van der Waals surface area contributed by atoms with Crippen LogP contribution in [0.2, 0.25) is 0 Å². The number of fused-ring (bicyclic) bond motifs is 7. The summed E-state index contributed by atoms with van der Waals surface area (Å²) in [6.45, 7) is 0. The zero-order valence-electron chi connectivity index (χ0n) is 24.7. The fourth-order valence-corrected chi connectivity index (χ4v) is 8.63. The molecule has 5 nitrogen and oxygen atoms in total. The van der Waals surface area contributed by atoms with Crippen LogP contribution in [0.3, 0.4) is 0 Å². The summed E-state index contributed by atoms with van der Waals surface area (Å²) in [5.41, 5.74) is 6.45. The van der Waals surface area contributed by atoms with Gasteiger partial charge in [-0.3, -0.25) is 0 Å². The molecular weight excluding hydrogens is 617 g/mol. The molecule has 0 aliphatic carbocycles. The van der Waals surface area contributed by atoms with E-state index >= 15 is 0 Å². The highest BCUT2D eigenvalue weighted by molar-refractivity contribution is 7.26. The Labute approximate surface area is 276 Å². The molecule has 47 heavy (non-hydrogen) atoms. The average Bonchev–Trinajstić information content (AvgIpc) is 3.85. The first kappa shape index (κ1) is 26.5. The van der Waals surface area contributed by atoms with Crippen LogP contribution in [0.25, 0.3) is 97.1 Å². The minimum absolute atomic E-state index is 0.571. The second-order valence-electron chi connectivity index (χ2n) is 11.4. The first-order chi connectivity index (χ1) is 23.3. The SMILES string of the molecule is c1ccc(-c2nc(-c3cccc4c3oc3ccccc34)nc(-c3cccc4sc5cccc(-c6nc7ccccc7s6)c5c34)n2)cc1. The monoisotopic (exact) mass is 638 g/mol. The molecule has 220 valence electrons. The molecule has 0 unspecified atom stereocenters. The van der Waals surface area contributed by atoms with E-state index in [2.05, 4.69) is 66.7 Å². The minimum Gasteiger partial charge on any atom is -0.455 e. The molecule has 4 heterocycles. The van der Waals surface area contributed by atoms with Crippen LogP contribution in [0.1, 0.15) is 0 Å². The molecule has 0 amide bonds. The summed E-state index contributed by atoms with van der Waals surface area (Å²) in [4.78, 5) is 20.4. The summed E-state index contributed by atoms with van der Waals surface area (Å²) in [6.07, 6.45) is 0. The normalized spacial score (nSPS) is 11.8. The Balaban J connectivity index is 1.26. The summed E-state index contributed by atoms with van der Waals surface area (Å²) < 4.78 is 9.98. The van der Waals surface area contributed by atoms with Gasteiger partial charge in [-0.25, -0.2) is 19.9 Å². The summed E-state index contributed by atoms with van der Waals surface area (Å²) in [7, 11) is 0. The van der Waals surface area contributed by atoms with E-state index in [9.17, 15) is 0 Å². The van der Waals surface area contributed by atoms with E-state index in [4.69, 9.17) is 24.4 Å². The van der Waals surface area contributed by atoms with Crippen LogP contribution < -0.4 is 0 Å². The van der Waals surface area contributed by atoms with Crippen molar-refractivity contribution in [2.75, 3.05) is 0 Å². The van der Waals surface area contributed by atoms with Crippen molar-refractivity contribution >= 4 is 75.0 Å². The Kier molecular flexibility index (Phi) is 5.85. The largest absolute Gasteiger partial charge is 0.455 e. The maximum Gasteiger partial charge on any atom is 0.167 e. The number of thiophene rings is 1. The average molecular weight is 639 g/mol. The number of para-hydroxylation sites is 3. The number of benzene rings is 6. The maximum atomic E-state index is 6.43. The molecule has 0 bridgehead atoms. The maximum absolute atomic E-state index is 6.43. The predicted octanol–water partition coefficient (Wildman–Crippen LogP) is 11.4. The highest BCUT2D eigenvalue weighted by Gasteiger charge is 2.21. The van der Waals surface area contributed by atoms with E-state index in [0.717, 1.165) is 60.1 Å². The number of nitrogens with zero attached hydrogens (tertiary/aromatic N) is 4. The van der Waals surface area contributed by atoms with Gasteiger partial charge in [-0.2, -0.15) is 0 Å². The van der Waals surface area contributed by atoms with Crippen molar-refractivity contribution in [1.29, 1.82) is 0 Å². The Morgan fingerprint density at radius 1 is 0.426 bits per heavy atom. The van der Waals surface area contributed by atoms with Gasteiger partial charge in [0.15, 0.2) is 17.5 Å². The molecule has 4 aromatic heterocycles. The fraction of sp³-hybridized carbons (Fsp3) is 0. The van der Waals surface area contributed by atoms with Crippen molar-refractivity contribution in [3.8, 4) is 44.7 Å². The molecule has 0 aliphatic heterocycles. The van der Waals surface area contributed by atoms with Crippen molar-refractivity contribution in [1.82, 2.24) is 19.9 Å². The van der Waals surface area contributed by atoms with Crippen LogP contribution in [-0.2, 0) is 0 Å². The Morgan fingerprint density at radius 3 is 1.89 bits per heavy atom. The summed E-state index contributed by atoms with van der Waals surface area (Å²) in [5, 5.41) is 5.40. The molecule has 0 saturated heterocycles. The lowest BCUT2D eigenvalue weighted by Gasteiger charge is -2.10. The lowest BCUT2D eigenvalue weighted by molar-refractivity contribution is 0.669. The van der Waals surface area contributed by atoms with Crippen LogP contribution in [0, 0.1) is 0 Å². The predicted molar refractivity (Wildman–Crippen MR) is 195 cm³/mol. The van der Waals surface area contributed by atoms with E-state index in [1.54, 1.807) is 22.7 Å². The third-order valence-electron chi connectivity index (χ3n) is 8.60. The Morgan fingerprint density at radius 2 is 1.04 bits per heavy atom. The molecule has 0 radical (unpaired) electrons. The zero-order chi connectivity index (χ0) is 30.9. The quantitative estimate of drug-likeness (QED) is 0.192. The van der Waals surface area contributed by atoms with Crippen molar-refractivity contribution in [3.05, 3.63) is 133 Å². The van der Waals surface area contributed by atoms with Crippen molar-refractivity contribution < 1.29 is 4.42 Å². The number of aromatic nitrogens is 4. The lowest BCUT2D eigenvalue weighted by Crippen LogP contribution is -2.00. The van der Waals surface area contributed by atoms with E-state index in [1.165, 1.54) is 19.5 Å². The zero-order valence-corrected chi connectivity index (χ0v) is 26.3. The molecular formula is C40H22N4OS2. The number of rotatable bonds is 4. The number of hydrogen-bond acceptors (Lipinski definition) is 7. The van der Waals surface area contributed by atoms with E-state index in [1.807, 2.05) is 66.7 Å². The van der Waals surface area contributed by atoms with Crippen LogP contribution in [0.4, 0.5) is 0 Å². The molecule has 10 aromatic rings. The van der Waals surface area contributed by atoms with Gasteiger partial charge in [0.25, 0.3) is 0 Å². The van der Waals surface area contributed by atoms with E-state index in [-0.39, 0.29) is 0 Å². The van der Waals surface area contributed by atoms with Gasteiger partial charge in [0.05, 0.1) is 15.8 Å². The van der Waals surface area contributed by atoms with E-state index < -0.39 is 0 Å². The van der Waals surface area contributed by atoms with Gasteiger partial charge in [-0.1, -0.05) is 97.1 Å². The second kappa shape index (κ2) is 10.4. The minimum atomic E-state index is 0.571. The lowest BCUT2D eigenvalue weighted by atomic mass is 10.0. The Hall–Kier alpha value is -5.76. The topological polar surface area (TPSA) is 64.7 Å². The molecule has 0 N–H and O–H groups in total. The van der Waals surface area contributed by atoms with Gasteiger partial charge in [-0.15, -0.1) is 22.7 Å². The molecule has 6 aromatic carbocycles. The molecule has 0 saturated carbocycles. The third-order valence-corrected chi connectivity index (χ3v) is 10.8. The molecule has 0 atom stereocenters. The highest BCUT2D eigenvalue weighted by atomic mass is 32.1. The first-order valence-electron chi connectivity index (χ1n) is 15.3. The number of furan rings is 1. The van der Waals surface area contributed by atoms with Crippen molar-refractivity contribution in [2.45, 2.75) is 0 Å². The molecule has 0 fully saturated rings. The van der Waals surface area contributed by atoms with Gasteiger partial charge in [0.1, 0.15) is 16.2 Å². The summed E-state index contributed by atoms with van der Waals surface area (Å²) in [5.74, 6) is 1.80. The molecule has 7 heteroatoms. The summed E-state index contributed by atoms with van der Waals surface area (Å²) >= 11 is 3.51. The second-order valence-corrected chi connectivity index (χ2v) is 13.5. The molecule has 0 spiro atoms. The third kappa shape index (κ3) is 4.21. The summed E-state index contributed by atoms with van der Waals surface area (Å²) in [6, 6.07) is 45.6. The molecule has 0 aliphatic rings. The first-order valence-corrected chi connectivity index (χ1v) is 16.9. The van der Waals surface area contributed by atoms with Gasteiger partial charge < -0.3 is 4.42 Å². The van der Waals surface area contributed by atoms with Crippen LogP contribution in [0.5, 0.6) is 0 Å². The Bertz CT molecular complexity index is 2780. The number of hydrogen-bond donors (Lipinski definition) is 0. The molecule has 10 rings (SSSR count). The van der Waals surface area contributed by atoms with Crippen LogP contribution in [0.15, 0.2) is 138 Å². The standard InChI is InChI=1S/C40H22N4OS2/c1-2-11-23(12-3-1)37-42-38(44-39(43-37)28-17-8-14-25-24-13-4-6-19-30(24)45-36(25)28)26-15-9-21-32-34(26)35-27(16-10-22-33(35)46-32)40-41-29-18-5-7-20-31(29)47-40/h1-22H. The van der Waals surface area contributed by atoms with Crippen molar-refractivity contribution in [3.63, 3.8) is 0 Å². The fourth-order valence-electron chi connectivity index (χ4n) is 6.47. The van der Waals surface area contributed by atoms with Gasteiger partial charge in [0, 0.05) is 47.6 Å². The van der Waals surface area contributed by atoms with Gasteiger partial charge in [-0.05, 0) is 36.4 Å².